The summed E-state index contributed by atoms with van der Waals surface area (Å²) in [6.45, 7) is 4.18. The topological polar surface area (TPSA) is 50.8 Å². The van der Waals surface area contributed by atoms with E-state index in [1.165, 1.54) is 0 Å². The molecule has 1 N–H and O–H groups in total. The van der Waals surface area contributed by atoms with Crippen LogP contribution in [0, 0.1) is 5.92 Å². The summed E-state index contributed by atoms with van der Waals surface area (Å²) in [5.74, 6) is -0.639. The summed E-state index contributed by atoms with van der Waals surface area (Å²) in [5, 5.41) is 2.70. The Morgan fingerprint density at radius 2 is 1.83 bits per heavy atom. The van der Waals surface area contributed by atoms with Crippen LogP contribution in [0.2, 0.25) is 0 Å². The number of carbonyl (C=O) groups excluding carboxylic acids is 1. The Labute approximate surface area is 203 Å². The minimum Gasteiger partial charge on any atom is -0.494 e. The van der Waals surface area contributed by atoms with Gasteiger partial charge in [0.05, 0.1) is 12.6 Å². The van der Waals surface area contributed by atoms with Crippen LogP contribution in [0.15, 0.2) is 42.5 Å². The Morgan fingerprint density at radius 1 is 1.11 bits per heavy atom. The van der Waals surface area contributed by atoms with E-state index in [1.54, 1.807) is 42.5 Å². The molecule has 5 rings (SSSR count). The van der Waals surface area contributed by atoms with E-state index in [9.17, 15) is 18.0 Å². The van der Waals surface area contributed by atoms with Gasteiger partial charge in [-0.2, -0.15) is 13.2 Å². The molecule has 0 spiro atoms. The molecule has 1 heterocycles. The second kappa shape index (κ2) is 9.28. The number of halogens is 3. The molecule has 0 radical (unpaired) electrons. The third-order valence-electron chi connectivity index (χ3n) is 7.44. The molecule has 1 amide bonds. The van der Waals surface area contributed by atoms with Gasteiger partial charge in [-0.25, -0.2) is 4.79 Å². The molecule has 0 bridgehead atoms. The first kappa shape index (κ1) is 23.8. The molecule has 8 heteroatoms. The molecular weight excluding hydrogens is 457 g/mol. The van der Waals surface area contributed by atoms with Crippen LogP contribution in [0.3, 0.4) is 0 Å². The summed E-state index contributed by atoms with van der Waals surface area (Å²) in [6.07, 6.45) is -0.225. The van der Waals surface area contributed by atoms with Gasteiger partial charge in [0, 0.05) is 23.5 Å². The third kappa shape index (κ3) is 4.80. The number of rotatable bonds is 7. The molecule has 2 aliphatic carbocycles. The molecule has 0 saturated heterocycles. The summed E-state index contributed by atoms with van der Waals surface area (Å²) in [5.41, 5.74) is 1.96. The Balaban J connectivity index is 1.43. The molecule has 35 heavy (non-hydrogen) atoms. The first-order valence-electron chi connectivity index (χ1n) is 12.5. The predicted octanol–water partition coefficient (Wildman–Crippen LogP) is 7.19. The lowest BCUT2D eigenvalue weighted by Crippen LogP contribution is -2.43. The number of hydrogen-bond acceptors (Lipinski definition) is 4. The number of fused-ring (bicyclic) bond motifs is 1. The fourth-order valence-electron chi connectivity index (χ4n) is 5.29. The number of hydrogen-bond donors (Lipinski definition) is 1. The van der Waals surface area contributed by atoms with Crippen molar-refractivity contribution in [1.29, 1.82) is 0 Å². The largest absolute Gasteiger partial charge is 0.494 e. The maximum Gasteiger partial charge on any atom is 0.411 e. The number of alkyl halides is 3. The summed E-state index contributed by atoms with van der Waals surface area (Å²) >= 11 is 0. The van der Waals surface area contributed by atoms with E-state index in [1.807, 2.05) is 18.7 Å². The first-order valence-corrected chi connectivity index (χ1v) is 12.5. The lowest BCUT2D eigenvalue weighted by Gasteiger charge is -2.42. The van der Waals surface area contributed by atoms with Crippen molar-refractivity contribution in [2.24, 2.45) is 5.92 Å². The van der Waals surface area contributed by atoms with Gasteiger partial charge in [0.2, 0.25) is 0 Å². The molecule has 0 aromatic heterocycles. The van der Waals surface area contributed by atoms with Gasteiger partial charge in [0.25, 0.3) is 0 Å². The molecular formula is C27H31F3N2O3. The second-order valence-corrected chi connectivity index (χ2v) is 9.80. The van der Waals surface area contributed by atoms with E-state index < -0.39 is 24.2 Å². The SMILES string of the molecule is CCOc1ccc2c(c1)N(C1CCC1)C(c1ccc(NC(=O)OC(C)C3CC3)cc1)C2C(F)(F)F. The molecule has 3 atom stereocenters. The van der Waals surface area contributed by atoms with E-state index >= 15 is 0 Å². The number of anilines is 2. The highest BCUT2D eigenvalue weighted by atomic mass is 19.4. The van der Waals surface area contributed by atoms with E-state index in [0.717, 1.165) is 32.1 Å². The van der Waals surface area contributed by atoms with E-state index in [0.29, 0.717) is 35.2 Å². The van der Waals surface area contributed by atoms with Gasteiger partial charge < -0.3 is 14.4 Å². The van der Waals surface area contributed by atoms with Crippen LogP contribution in [0.1, 0.15) is 69.0 Å². The summed E-state index contributed by atoms with van der Waals surface area (Å²) in [7, 11) is 0. The highest BCUT2D eigenvalue weighted by Crippen LogP contribution is 2.58. The van der Waals surface area contributed by atoms with Gasteiger partial charge in [0.15, 0.2) is 0 Å². The summed E-state index contributed by atoms with van der Waals surface area (Å²) in [6, 6.07) is 10.8. The maximum absolute atomic E-state index is 14.5. The summed E-state index contributed by atoms with van der Waals surface area (Å²) < 4.78 is 54.5. The summed E-state index contributed by atoms with van der Waals surface area (Å²) in [4.78, 5) is 14.2. The van der Waals surface area contributed by atoms with Gasteiger partial charge in [-0.3, -0.25) is 5.32 Å². The van der Waals surface area contributed by atoms with Crippen molar-refractivity contribution >= 4 is 17.5 Å². The van der Waals surface area contributed by atoms with Crippen molar-refractivity contribution in [2.45, 2.75) is 76.2 Å². The van der Waals surface area contributed by atoms with Crippen molar-refractivity contribution in [3.8, 4) is 5.75 Å². The van der Waals surface area contributed by atoms with E-state index in [2.05, 4.69) is 5.32 Å². The number of ether oxygens (including phenoxy) is 2. The molecule has 1 aliphatic heterocycles. The number of benzene rings is 2. The monoisotopic (exact) mass is 488 g/mol. The Morgan fingerprint density at radius 3 is 2.40 bits per heavy atom. The van der Waals surface area contributed by atoms with Crippen LogP contribution in [-0.4, -0.2) is 31.0 Å². The highest BCUT2D eigenvalue weighted by Gasteiger charge is 2.55. The Bertz CT molecular complexity index is 1060. The fraction of sp³-hybridized carbons (Fsp3) is 0.519. The third-order valence-corrected chi connectivity index (χ3v) is 7.44. The number of carbonyl (C=O) groups is 1. The smallest absolute Gasteiger partial charge is 0.411 e. The predicted molar refractivity (Wildman–Crippen MR) is 128 cm³/mol. The van der Waals surface area contributed by atoms with Crippen LogP contribution in [0.5, 0.6) is 5.75 Å². The Kier molecular flexibility index (Phi) is 6.32. The maximum atomic E-state index is 14.5. The van der Waals surface area contributed by atoms with Gasteiger partial charge >= 0.3 is 12.3 Å². The minimum atomic E-state index is -4.41. The molecule has 3 aliphatic rings. The average molecular weight is 489 g/mol. The van der Waals surface area contributed by atoms with E-state index in [-0.39, 0.29) is 17.7 Å². The van der Waals surface area contributed by atoms with Crippen molar-refractivity contribution in [3.05, 3.63) is 53.6 Å². The average Bonchev–Trinajstić information content (AvgIpc) is 3.56. The standard InChI is InChI=1S/C27H31F3N2O3/c1-3-34-21-13-14-22-23(15-21)32(20-5-4-6-20)25(24(22)27(28,29)30)18-9-11-19(12-10-18)31-26(33)35-16(2)17-7-8-17/h9-17,20,24-25H,3-8H2,1-2H3,(H,31,33). The molecule has 3 unspecified atom stereocenters. The van der Waals surface area contributed by atoms with Crippen molar-refractivity contribution in [1.82, 2.24) is 0 Å². The molecule has 2 aromatic carbocycles. The molecule has 2 fully saturated rings. The van der Waals surface area contributed by atoms with Crippen molar-refractivity contribution in [2.75, 3.05) is 16.8 Å². The van der Waals surface area contributed by atoms with Crippen LogP contribution in [-0.2, 0) is 4.74 Å². The number of nitrogens with one attached hydrogen (secondary N) is 1. The number of amides is 1. The van der Waals surface area contributed by atoms with Gasteiger partial charge in [-0.1, -0.05) is 18.2 Å². The molecule has 2 saturated carbocycles. The zero-order valence-electron chi connectivity index (χ0n) is 20.0. The van der Waals surface area contributed by atoms with Gasteiger partial charge in [0.1, 0.15) is 17.8 Å². The van der Waals surface area contributed by atoms with Crippen molar-refractivity contribution in [3.63, 3.8) is 0 Å². The normalized spacial score (nSPS) is 22.8. The quantitative estimate of drug-likeness (QED) is 0.448. The molecule has 188 valence electrons. The van der Waals surface area contributed by atoms with Gasteiger partial charge in [-0.15, -0.1) is 0 Å². The number of nitrogens with zero attached hydrogens (tertiary/aromatic N) is 1. The van der Waals surface area contributed by atoms with Crippen LogP contribution >= 0.6 is 0 Å². The lowest BCUT2D eigenvalue weighted by atomic mass is 9.86. The van der Waals surface area contributed by atoms with Gasteiger partial charge in [-0.05, 0) is 81.2 Å². The van der Waals surface area contributed by atoms with Crippen molar-refractivity contribution < 1.29 is 27.4 Å². The van der Waals surface area contributed by atoms with E-state index in [4.69, 9.17) is 9.47 Å². The Hall–Kier alpha value is -2.90. The molecule has 5 nitrogen and oxygen atoms in total. The fourth-order valence-corrected chi connectivity index (χ4v) is 5.29. The zero-order chi connectivity index (χ0) is 24.7. The molecule has 2 aromatic rings. The van der Waals surface area contributed by atoms with Crippen LogP contribution in [0.4, 0.5) is 29.3 Å². The lowest BCUT2D eigenvalue weighted by molar-refractivity contribution is -0.154. The highest BCUT2D eigenvalue weighted by molar-refractivity contribution is 5.84. The van der Waals surface area contributed by atoms with Crippen LogP contribution < -0.4 is 15.0 Å². The minimum absolute atomic E-state index is 0.0552. The zero-order valence-corrected chi connectivity index (χ0v) is 20.0. The van der Waals surface area contributed by atoms with Crippen LogP contribution in [0.25, 0.3) is 0 Å². The first-order chi connectivity index (χ1) is 16.8. The second-order valence-electron chi connectivity index (χ2n) is 9.80.